The molecule has 0 radical (unpaired) electrons. The number of anilines is 1. The van der Waals surface area contributed by atoms with Crippen molar-refractivity contribution in [3.05, 3.63) is 24.3 Å². The summed E-state index contributed by atoms with van der Waals surface area (Å²) in [6, 6.07) is 8.72. The van der Waals surface area contributed by atoms with Crippen molar-refractivity contribution < 1.29 is 4.74 Å². The van der Waals surface area contributed by atoms with Crippen LogP contribution >= 0.6 is 0 Å². The minimum atomic E-state index is 0.550. The van der Waals surface area contributed by atoms with E-state index in [1.54, 1.807) is 7.11 Å². The number of methoxy groups -OCH3 is 1. The van der Waals surface area contributed by atoms with Gasteiger partial charge < -0.3 is 15.0 Å². The number of benzene rings is 1. The monoisotopic (exact) mass is 249 g/mol. The summed E-state index contributed by atoms with van der Waals surface area (Å²) < 4.78 is 5.41. The third kappa shape index (κ3) is 2.94. The van der Waals surface area contributed by atoms with Crippen molar-refractivity contribution >= 4 is 5.69 Å². The van der Waals surface area contributed by atoms with Crippen LogP contribution in [-0.2, 0) is 0 Å². The molecule has 1 fully saturated rings. The Hall–Kier alpha value is -1.26. The van der Waals surface area contributed by atoms with Gasteiger partial charge in [0.1, 0.15) is 5.75 Å². The first kappa shape index (κ1) is 13.2. The lowest BCUT2D eigenvalue weighted by Crippen LogP contribution is -2.53. The van der Waals surface area contributed by atoms with E-state index in [2.05, 4.69) is 41.3 Å². The van der Waals surface area contributed by atoms with Crippen LogP contribution in [0.3, 0.4) is 0 Å². The van der Waals surface area contributed by atoms with Gasteiger partial charge in [-0.2, -0.15) is 0 Å². The summed E-state index contributed by atoms with van der Waals surface area (Å²) in [7, 11) is 6.04. The number of ether oxygens (including phenoxy) is 1. The number of para-hydroxylation sites is 2. The van der Waals surface area contributed by atoms with Gasteiger partial charge in [0, 0.05) is 39.3 Å². The molecule has 0 saturated carbocycles. The highest BCUT2D eigenvalue weighted by atomic mass is 16.5. The third-order valence-corrected chi connectivity index (χ3v) is 3.63. The Labute approximate surface area is 110 Å². The van der Waals surface area contributed by atoms with Crippen LogP contribution in [0.5, 0.6) is 5.75 Å². The van der Waals surface area contributed by atoms with E-state index in [1.165, 1.54) is 0 Å². The summed E-state index contributed by atoms with van der Waals surface area (Å²) in [5, 5.41) is 3.45. The number of rotatable bonds is 4. The number of piperazine rings is 1. The van der Waals surface area contributed by atoms with Gasteiger partial charge in [-0.1, -0.05) is 12.1 Å². The number of nitrogens with one attached hydrogen (secondary N) is 1. The van der Waals surface area contributed by atoms with E-state index in [1.807, 2.05) is 12.1 Å². The second kappa shape index (κ2) is 6.07. The Morgan fingerprint density at radius 2 is 2.22 bits per heavy atom. The van der Waals surface area contributed by atoms with Gasteiger partial charge in [0.05, 0.1) is 12.8 Å². The van der Waals surface area contributed by atoms with Crippen LogP contribution in [-0.4, -0.2) is 58.3 Å². The molecule has 0 spiro atoms. The largest absolute Gasteiger partial charge is 0.495 e. The summed E-state index contributed by atoms with van der Waals surface area (Å²) in [5.74, 6) is 0.937. The van der Waals surface area contributed by atoms with Crippen LogP contribution in [0.4, 0.5) is 5.69 Å². The van der Waals surface area contributed by atoms with Crippen LogP contribution < -0.4 is 15.0 Å². The second-order valence-electron chi connectivity index (χ2n) is 4.89. The average Bonchev–Trinajstić information content (AvgIpc) is 2.41. The summed E-state index contributed by atoms with van der Waals surface area (Å²) >= 11 is 0. The number of likely N-dealkylation sites (N-methyl/N-ethyl adjacent to an activating group) is 2. The van der Waals surface area contributed by atoms with Crippen molar-refractivity contribution in [2.75, 3.05) is 52.3 Å². The predicted molar refractivity (Wildman–Crippen MR) is 75.6 cm³/mol. The first-order valence-electron chi connectivity index (χ1n) is 6.47. The van der Waals surface area contributed by atoms with Crippen LogP contribution in [0.2, 0.25) is 0 Å². The van der Waals surface area contributed by atoms with Crippen molar-refractivity contribution in [2.45, 2.75) is 6.04 Å². The van der Waals surface area contributed by atoms with Gasteiger partial charge in [0.15, 0.2) is 0 Å². The van der Waals surface area contributed by atoms with Crippen molar-refractivity contribution in [3.8, 4) is 5.75 Å². The lowest BCUT2D eigenvalue weighted by molar-refractivity contribution is 0.204. The zero-order chi connectivity index (χ0) is 13.0. The first-order valence-corrected chi connectivity index (χ1v) is 6.47. The van der Waals surface area contributed by atoms with Crippen molar-refractivity contribution in [1.29, 1.82) is 0 Å². The van der Waals surface area contributed by atoms with Gasteiger partial charge in [0.25, 0.3) is 0 Å². The van der Waals surface area contributed by atoms with E-state index in [4.69, 9.17) is 4.74 Å². The molecule has 2 rings (SSSR count). The maximum atomic E-state index is 5.41. The zero-order valence-electron chi connectivity index (χ0n) is 11.5. The van der Waals surface area contributed by atoms with E-state index in [0.717, 1.165) is 37.6 Å². The highest BCUT2D eigenvalue weighted by Crippen LogP contribution is 2.26. The van der Waals surface area contributed by atoms with Gasteiger partial charge in [-0.15, -0.1) is 0 Å². The van der Waals surface area contributed by atoms with Crippen molar-refractivity contribution in [1.82, 2.24) is 10.2 Å². The molecule has 0 aromatic heterocycles. The number of hydrogen-bond acceptors (Lipinski definition) is 4. The molecule has 1 heterocycles. The molecule has 1 aromatic rings. The third-order valence-electron chi connectivity index (χ3n) is 3.63. The Morgan fingerprint density at radius 3 is 2.94 bits per heavy atom. The zero-order valence-corrected chi connectivity index (χ0v) is 11.5. The Balaban J connectivity index is 2.04. The SMILES string of the molecule is COc1ccccc1N(C)CC1CNCCN1C. The van der Waals surface area contributed by atoms with Gasteiger partial charge in [-0.25, -0.2) is 0 Å². The molecule has 1 aromatic carbocycles. The highest BCUT2D eigenvalue weighted by Gasteiger charge is 2.21. The molecule has 100 valence electrons. The fourth-order valence-electron chi connectivity index (χ4n) is 2.43. The maximum absolute atomic E-state index is 5.41. The fourth-order valence-corrected chi connectivity index (χ4v) is 2.43. The molecule has 0 amide bonds. The van der Waals surface area contributed by atoms with Crippen LogP contribution in [0.15, 0.2) is 24.3 Å². The molecule has 18 heavy (non-hydrogen) atoms. The molecule has 1 saturated heterocycles. The Morgan fingerprint density at radius 1 is 1.44 bits per heavy atom. The van der Waals surface area contributed by atoms with Gasteiger partial charge in [-0.05, 0) is 19.2 Å². The minimum absolute atomic E-state index is 0.550. The molecule has 4 nitrogen and oxygen atoms in total. The van der Waals surface area contributed by atoms with Crippen molar-refractivity contribution in [2.24, 2.45) is 0 Å². The number of hydrogen-bond donors (Lipinski definition) is 1. The van der Waals surface area contributed by atoms with Crippen LogP contribution in [0, 0.1) is 0 Å². The molecule has 1 aliphatic rings. The molecule has 1 atom stereocenters. The summed E-state index contributed by atoms with van der Waals surface area (Å²) in [6.45, 7) is 4.26. The molecular formula is C14H23N3O. The van der Waals surface area contributed by atoms with Gasteiger partial charge >= 0.3 is 0 Å². The quantitative estimate of drug-likeness (QED) is 0.863. The van der Waals surface area contributed by atoms with E-state index >= 15 is 0 Å². The smallest absolute Gasteiger partial charge is 0.142 e. The predicted octanol–water partition coefficient (Wildman–Crippen LogP) is 1.03. The average molecular weight is 249 g/mol. The molecule has 4 heteroatoms. The summed E-state index contributed by atoms with van der Waals surface area (Å²) in [6.07, 6.45) is 0. The second-order valence-corrected chi connectivity index (χ2v) is 4.89. The van der Waals surface area contributed by atoms with E-state index in [0.29, 0.717) is 6.04 Å². The van der Waals surface area contributed by atoms with Gasteiger partial charge in [0.2, 0.25) is 0 Å². The standard InChI is InChI=1S/C14H23N3O/c1-16-9-8-15-10-12(16)11-17(2)13-6-4-5-7-14(13)18-3/h4-7,12,15H,8-11H2,1-3H3. The first-order chi connectivity index (χ1) is 8.72. The van der Waals surface area contributed by atoms with E-state index < -0.39 is 0 Å². The highest BCUT2D eigenvalue weighted by molar-refractivity contribution is 5.57. The summed E-state index contributed by atoms with van der Waals surface area (Å²) in [4.78, 5) is 4.69. The van der Waals surface area contributed by atoms with E-state index in [-0.39, 0.29) is 0 Å². The lowest BCUT2D eigenvalue weighted by atomic mass is 10.2. The number of nitrogens with zero attached hydrogens (tertiary/aromatic N) is 2. The van der Waals surface area contributed by atoms with Crippen LogP contribution in [0.1, 0.15) is 0 Å². The molecular weight excluding hydrogens is 226 g/mol. The molecule has 0 aliphatic carbocycles. The Kier molecular flexibility index (Phi) is 4.44. The fraction of sp³-hybridized carbons (Fsp3) is 0.571. The van der Waals surface area contributed by atoms with Crippen molar-refractivity contribution in [3.63, 3.8) is 0 Å². The molecule has 1 aliphatic heterocycles. The van der Waals surface area contributed by atoms with E-state index in [9.17, 15) is 0 Å². The van der Waals surface area contributed by atoms with Gasteiger partial charge in [-0.3, -0.25) is 4.90 Å². The summed E-state index contributed by atoms with van der Waals surface area (Å²) in [5.41, 5.74) is 1.15. The molecule has 0 bridgehead atoms. The topological polar surface area (TPSA) is 27.7 Å². The maximum Gasteiger partial charge on any atom is 0.142 e. The molecule has 1 unspecified atom stereocenters. The lowest BCUT2D eigenvalue weighted by Gasteiger charge is -2.36. The molecule has 1 N–H and O–H groups in total. The normalized spacial score (nSPS) is 20.7. The minimum Gasteiger partial charge on any atom is -0.495 e. The van der Waals surface area contributed by atoms with Crippen LogP contribution in [0.25, 0.3) is 0 Å². The Bertz CT molecular complexity index is 383.